The lowest BCUT2D eigenvalue weighted by atomic mass is 10.0. The van der Waals surface area contributed by atoms with E-state index < -0.39 is 35.8 Å². The standard InChI is InChI=1S/C20H30F4O3/c1-2-3-4-5-6-7-8-11-15(27-20(25)26)12-9-10-14-13-16(21)18(23)19(24)17(14)22/h13,15,20,25-26H,2-12H2,1H3. The Hall–Kier alpha value is -1.18. The molecule has 0 aliphatic rings. The third-order valence-corrected chi connectivity index (χ3v) is 4.59. The average molecular weight is 394 g/mol. The number of benzene rings is 1. The monoisotopic (exact) mass is 394 g/mol. The molecule has 1 aromatic rings. The minimum absolute atomic E-state index is 0.00163. The first kappa shape index (κ1) is 23.9. The molecule has 1 aromatic carbocycles. The first-order valence-electron chi connectivity index (χ1n) is 9.70. The Kier molecular flexibility index (Phi) is 11.6. The van der Waals surface area contributed by atoms with Gasteiger partial charge in [0.1, 0.15) is 0 Å². The summed E-state index contributed by atoms with van der Waals surface area (Å²) in [6.45, 7) is 0.250. The van der Waals surface area contributed by atoms with Gasteiger partial charge in [0.25, 0.3) is 6.48 Å². The van der Waals surface area contributed by atoms with E-state index in [0.717, 1.165) is 19.3 Å². The van der Waals surface area contributed by atoms with Crippen LogP contribution in [-0.2, 0) is 11.2 Å². The van der Waals surface area contributed by atoms with Crippen molar-refractivity contribution in [2.45, 2.75) is 90.1 Å². The highest BCUT2D eigenvalue weighted by Crippen LogP contribution is 2.22. The molecule has 156 valence electrons. The third kappa shape index (κ3) is 9.04. The fourth-order valence-electron chi connectivity index (χ4n) is 3.11. The maximum Gasteiger partial charge on any atom is 0.266 e. The number of aliphatic hydroxyl groups excluding tert-OH is 1. The van der Waals surface area contributed by atoms with Crippen molar-refractivity contribution >= 4 is 0 Å². The summed E-state index contributed by atoms with van der Waals surface area (Å²) in [5.74, 6) is -6.45. The van der Waals surface area contributed by atoms with Crippen LogP contribution in [0.2, 0.25) is 0 Å². The van der Waals surface area contributed by atoms with Gasteiger partial charge in [-0.3, -0.25) is 0 Å². The first-order valence-corrected chi connectivity index (χ1v) is 9.70. The largest absolute Gasteiger partial charge is 0.346 e. The summed E-state index contributed by atoms with van der Waals surface area (Å²) in [5.41, 5.74) is -0.245. The van der Waals surface area contributed by atoms with Crippen molar-refractivity contribution in [3.05, 3.63) is 34.9 Å². The van der Waals surface area contributed by atoms with Crippen LogP contribution in [0.4, 0.5) is 17.6 Å². The maximum absolute atomic E-state index is 13.7. The lowest BCUT2D eigenvalue weighted by Crippen LogP contribution is -2.22. The zero-order valence-electron chi connectivity index (χ0n) is 15.8. The van der Waals surface area contributed by atoms with E-state index in [-0.39, 0.29) is 12.0 Å². The van der Waals surface area contributed by atoms with Crippen LogP contribution in [-0.4, -0.2) is 22.8 Å². The smallest absolute Gasteiger partial charge is 0.266 e. The molecule has 0 amide bonds. The fraction of sp³-hybridized carbons (Fsp3) is 0.700. The molecule has 1 rings (SSSR count). The van der Waals surface area contributed by atoms with E-state index in [1.54, 1.807) is 0 Å². The number of unbranched alkanes of at least 4 members (excludes halogenated alkanes) is 6. The molecule has 0 saturated carbocycles. The van der Waals surface area contributed by atoms with Crippen LogP contribution < -0.4 is 0 Å². The average Bonchev–Trinajstić information content (AvgIpc) is 2.62. The number of hydrogen-bond donors (Lipinski definition) is 2. The van der Waals surface area contributed by atoms with Gasteiger partial charge >= 0.3 is 0 Å². The lowest BCUT2D eigenvalue weighted by Gasteiger charge is -2.19. The van der Waals surface area contributed by atoms with Gasteiger partial charge in [-0.2, -0.15) is 0 Å². The lowest BCUT2D eigenvalue weighted by molar-refractivity contribution is -0.257. The summed E-state index contributed by atoms with van der Waals surface area (Å²) >= 11 is 0. The molecule has 0 fully saturated rings. The van der Waals surface area contributed by atoms with Crippen LogP contribution in [0.15, 0.2) is 6.07 Å². The Morgan fingerprint density at radius 1 is 0.815 bits per heavy atom. The van der Waals surface area contributed by atoms with E-state index in [0.29, 0.717) is 25.3 Å². The van der Waals surface area contributed by atoms with Crippen LogP contribution in [0, 0.1) is 23.3 Å². The fourth-order valence-corrected chi connectivity index (χ4v) is 3.11. The van der Waals surface area contributed by atoms with Crippen LogP contribution in [0.1, 0.15) is 76.7 Å². The second kappa shape index (κ2) is 13.1. The summed E-state index contributed by atoms with van der Waals surface area (Å²) < 4.78 is 58.1. The molecule has 0 aliphatic heterocycles. The summed E-state index contributed by atoms with van der Waals surface area (Å²) in [6.07, 6.45) is 8.61. The summed E-state index contributed by atoms with van der Waals surface area (Å²) in [6, 6.07) is 0.654. The Bertz CT molecular complexity index is 553. The molecular weight excluding hydrogens is 364 g/mol. The van der Waals surface area contributed by atoms with E-state index >= 15 is 0 Å². The van der Waals surface area contributed by atoms with E-state index in [9.17, 15) is 17.6 Å². The quantitative estimate of drug-likeness (QED) is 0.147. The Balaban J connectivity index is 2.42. The van der Waals surface area contributed by atoms with Gasteiger partial charge < -0.3 is 14.9 Å². The molecule has 0 saturated heterocycles. The Morgan fingerprint density at radius 3 is 2.04 bits per heavy atom. The molecule has 0 aliphatic carbocycles. The molecule has 7 heteroatoms. The zero-order chi connectivity index (χ0) is 20.2. The van der Waals surface area contributed by atoms with Gasteiger partial charge in [-0.05, 0) is 37.3 Å². The van der Waals surface area contributed by atoms with Crippen LogP contribution in [0.5, 0.6) is 0 Å². The van der Waals surface area contributed by atoms with Gasteiger partial charge in [-0.25, -0.2) is 17.6 Å². The van der Waals surface area contributed by atoms with Gasteiger partial charge in [0.15, 0.2) is 23.3 Å². The van der Waals surface area contributed by atoms with Gasteiger partial charge in [0, 0.05) is 0 Å². The topological polar surface area (TPSA) is 49.7 Å². The molecule has 0 heterocycles. The minimum Gasteiger partial charge on any atom is -0.346 e. The van der Waals surface area contributed by atoms with E-state index in [2.05, 4.69) is 6.92 Å². The Morgan fingerprint density at radius 2 is 1.41 bits per heavy atom. The number of hydrogen-bond acceptors (Lipinski definition) is 3. The van der Waals surface area contributed by atoms with Crippen molar-refractivity contribution in [1.82, 2.24) is 0 Å². The number of halogens is 4. The maximum atomic E-state index is 13.7. The van der Waals surface area contributed by atoms with Gasteiger partial charge in [-0.15, -0.1) is 0 Å². The second-order valence-corrected chi connectivity index (χ2v) is 6.85. The van der Waals surface area contributed by atoms with Crippen molar-refractivity contribution in [3.63, 3.8) is 0 Å². The van der Waals surface area contributed by atoms with Crippen molar-refractivity contribution in [1.29, 1.82) is 0 Å². The zero-order valence-corrected chi connectivity index (χ0v) is 15.8. The highest BCUT2D eigenvalue weighted by atomic mass is 19.2. The van der Waals surface area contributed by atoms with Crippen LogP contribution >= 0.6 is 0 Å². The molecule has 0 aromatic heterocycles. The molecule has 1 atom stereocenters. The number of aliphatic hydroxyl groups is 2. The molecule has 0 bridgehead atoms. The molecule has 27 heavy (non-hydrogen) atoms. The number of rotatable bonds is 14. The SMILES string of the molecule is CCCCCCCCCC(CCCc1cc(F)c(F)c(F)c1F)OC(O)O. The van der Waals surface area contributed by atoms with Crippen LogP contribution in [0.3, 0.4) is 0 Å². The molecule has 0 spiro atoms. The van der Waals surface area contributed by atoms with Crippen molar-refractivity contribution in [3.8, 4) is 0 Å². The highest BCUT2D eigenvalue weighted by molar-refractivity contribution is 5.21. The van der Waals surface area contributed by atoms with Crippen molar-refractivity contribution in [2.75, 3.05) is 0 Å². The third-order valence-electron chi connectivity index (χ3n) is 4.59. The normalized spacial score (nSPS) is 12.7. The van der Waals surface area contributed by atoms with Gasteiger partial charge in [0.05, 0.1) is 6.10 Å². The second-order valence-electron chi connectivity index (χ2n) is 6.85. The molecular formula is C20H30F4O3. The summed E-state index contributed by atoms with van der Waals surface area (Å²) in [5, 5.41) is 18.0. The molecule has 0 radical (unpaired) electrons. The van der Waals surface area contributed by atoms with Crippen molar-refractivity contribution < 1.29 is 32.5 Å². The van der Waals surface area contributed by atoms with E-state index in [1.165, 1.54) is 25.7 Å². The first-order chi connectivity index (χ1) is 12.9. The van der Waals surface area contributed by atoms with Gasteiger partial charge in [-0.1, -0.05) is 51.9 Å². The molecule has 3 nitrogen and oxygen atoms in total. The van der Waals surface area contributed by atoms with E-state index in [4.69, 9.17) is 14.9 Å². The van der Waals surface area contributed by atoms with E-state index in [1.807, 2.05) is 0 Å². The predicted molar refractivity (Wildman–Crippen MR) is 94.9 cm³/mol. The van der Waals surface area contributed by atoms with Crippen molar-refractivity contribution in [2.24, 2.45) is 0 Å². The summed E-state index contributed by atoms with van der Waals surface area (Å²) in [7, 11) is 0. The molecule has 1 unspecified atom stereocenters. The predicted octanol–water partition coefficient (Wildman–Crippen LogP) is 5.36. The number of ether oxygens (including phenoxy) is 1. The number of aryl methyl sites for hydroxylation is 1. The summed E-state index contributed by atoms with van der Waals surface area (Å²) in [4.78, 5) is 0. The molecule has 2 N–H and O–H groups in total. The Labute approximate surface area is 158 Å². The van der Waals surface area contributed by atoms with Gasteiger partial charge in [0.2, 0.25) is 0 Å². The minimum atomic E-state index is -1.91. The van der Waals surface area contributed by atoms with Crippen LogP contribution in [0.25, 0.3) is 0 Å². The highest BCUT2D eigenvalue weighted by Gasteiger charge is 2.19.